The summed E-state index contributed by atoms with van der Waals surface area (Å²) in [6.45, 7) is 0. The standard InChI is InChI=1S/C18H19NO3/c1-21-14-6-7-16-12(10-14)4-3-5-15(18(16)20)13-8-9-19-17(11-13)22-2/h6-11,15H,3-5H2,1-2H3. The fourth-order valence-electron chi connectivity index (χ4n) is 3.03. The van der Waals surface area contributed by atoms with Crippen LogP contribution in [0.3, 0.4) is 0 Å². The highest BCUT2D eigenvalue weighted by Gasteiger charge is 2.27. The van der Waals surface area contributed by atoms with Crippen molar-refractivity contribution in [1.82, 2.24) is 4.98 Å². The summed E-state index contributed by atoms with van der Waals surface area (Å²) in [5, 5.41) is 0. The van der Waals surface area contributed by atoms with Crippen LogP contribution in [0.5, 0.6) is 11.6 Å². The summed E-state index contributed by atoms with van der Waals surface area (Å²) in [7, 11) is 3.23. The maximum Gasteiger partial charge on any atom is 0.213 e. The van der Waals surface area contributed by atoms with Crippen LogP contribution in [0.2, 0.25) is 0 Å². The van der Waals surface area contributed by atoms with Gasteiger partial charge in [0.25, 0.3) is 0 Å². The van der Waals surface area contributed by atoms with E-state index in [1.807, 2.05) is 30.3 Å². The Balaban J connectivity index is 1.98. The van der Waals surface area contributed by atoms with Gasteiger partial charge in [-0.15, -0.1) is 0 Å². The number of carbonyl (C=O) groups is 1. The molecule has 114 valence electrons. The highest BCUT2D eigenvalue weighted by atomic mass is 16.5. The number of carbonyl (C=O) groups excluding carboxylic acids is 1. The Kier molecular flexibility index (Phi) is 4.09. The van der Waals surface area contributed by atoms with Crippen molar-refractivity contribution in [1.29, 1.82) is 0 Å². The summed E-state index contributed by atoms with van der Waals surface area (Å²) in [6, 6.07) is 9.47. The van der Waals surface area contributed by atoms with E-state index in [9.17, 15) is 4.79 Å². The zero-order chi connectivity index (χ0) is 15.5. The third-order valence-corrected chi connectivity index (χ3v) is 4.20. The lowest BCUT2D eigenvalue weighted by atomic mass is 9.89. The number of nitrogens with zero attached hydrogens (tertiary/aromatic N) is 1. The molecule has 0 N–H and O–H groups in total. The zero-order valence-corrected chi connectivity index (χ0v) is 12.8. The number of hydrogen-bond donors (Lipinski definition) is 0. The van der Waals surface area contributed by atoms with Crippen LogP contribution in [0, 0.1) is 0 Å². The van der Waals surface area contributed by atoms with Crippen molar-refractivity contribution in [3.8, 4) is 11.6 Å². The lowest BCUT2D eigenvalue weighted by molar-refractivity contribution is 0.0957. The minimum atomic E-state index is -0.133. The van der Waals surface area contributed by atoms with Crippen molar-refractivity contribution in [2.45, 2.75) is 25.2 Å². The second kappa shape index (κ2) is 6.18. The number of rotatable bonds is 3. The molecule has 1 atom stereocenters. The van der Waals surface area contributed by atoms with Crippen molar-refractivity contribution in [3.63, 3.8) is 0 Å². The summed E-state index contributed by atoms with van der Waals surface area (Å²) >= 11 is 0. The molecular formula is C18H19NO3. The van der Waals surface area contributed by atoms with Gasteiger partial charge in [0.2, 0.25) is 5.88 Å². The van der Waals surface area contributed by atoms with Gasteiger partial charge in [-0.1, -0.05) is 0 Å². The molecule has 1 heterocycles. The summed E-state index contributed by atoms with van der Waals surface area (Å²) in [5.74, 6) is 1.38. The number of methoxy groups -OCH3 is 2. The van der Waals surface area contributed by atoms with E-state index in [0.29, 0.717) is 5.88 Å². The Morgan fingerprint density at radius 1 is 1.14 bits per heavy atom. The first kappa shape index (κ1) is 14.6. The fraction of sp³-hybridized carbons (Fsp3) is 0.333. The number of benzene rings is 1. The molecule has 0 fully saturated rings. The number of hydrogen-bond acceptors (Lipinski definition) is 4. The predicted octanol–water partition coefficient (Wildman–Crippen LogP) is 3.40. The second-order valence-electron chi connectivity index (χ2n) is 5.46. The zero-order valence-electron chi connectivity index (χ0n) is 12.8. The van der Waals surface area contributed by atoms with Gasteiger partial charge in [0.1, 0.15) is 5.75 Å². The van der Waals surface area contributed by atoms with Gasteiger partial charge in [0.15, 0.2) is 5.78 Å². The number of Topliss-reactive ketones (excluding diaryl/α,β-unsaturated/α-hetero) is 1. The van der Waals surface area contributed by atoms with Crippen molar-refractivity contribution in [2.75, 3.05) is 14.2 Å². The molecule has 0 saturated heterocycles. The minimum absolute atomic E-state index is 0.133. The Labute approximate surface area is 130 Å². The molecule has 3 rings (SSSR count). The number of aryl methyl sites for hydroxylation is 1. The summed E-state index contributed by atoms with van der Waals surface area (Å²) in [5.41, 5.74) is 2.85. The quantitative estimate of drug-likeness (QED) is 0.815. The molecule has 22 heavy (non-hydrogen) atoms. The van der Waals surface area contributed by atoms with Crippen LogP contribution in [0.4, 0.5) is 0 Å². The molecule has 0 bridgehead atoms. The van der Waals surface area contributed by atoms with Crippen LogP contribution in [0.15, 0.2) is 36.5 Å². The lowest BCUT2D eigenvalue weighted by Gasteiger charge is -2.15. The van der Waals surface area contributed by atoms with Gasteiger partial charge >= 0.3 is 0 Å². The normalized spacial score (nSPS) is 17.5. The molecule has 0 saturated carbocycles. The summed E-state index contributed by atoms with van der Waals surface area (Å²) in [4.78, 5) is 17.1. The molecule has 1 aliphatic rings. The van der Waals surface area contributed by atoms with Gasteiger partial charge in [-0.25, -0.2) is 4.98 Å². The molecule has 4 heteroatoms. The van der Waals surface area contributed by atoms with Gasteiger partial charge < -0.3 is 9.47 Å². The van der Waals surface area contributed by atoms with Gasteiger partial charge in [0, 0.05) is 23.7 Å². The third-order valence-electron chi connectivity index (χ3n) is 4.20. The Hall–Kier alpha value is -2.36. The smallest absolute Gasteiger partial charge is 0.213 e. The molecule has 1 unspecified atom stereocenters. The van der Waals surface area contributed by atoms with E-state index in [4.69, 9.17) is 9.47 Å². The average Bonchev–Trinajstić information content (AvgIpc) is 2.73. The molecule has 2 aromatic rings. The third kappa shape index (κ3) is 2.69. The van der Waals surface area contributed by atoms with E-state index >= 15 is 0 Å². The van der Waals surface area contributed by atoms with Crippen molar-refractivity contribution in [3.05, 3.63) is 53.2 Å². The molecule has 1 aromatic heterocycles. The predicted molar refractivity (Wildman–Crippen MR) is 83.8 cm³/mol. The van der Waals surface area contributed by atoms with Crippen LogP contribution in [-0.4, -0.2) is 25.0 Å². The number of ether oxygens (including phenoxy) is 2. The second-order valence-corrected chi connectivity index (χ2v) is 5.46. The first-order chi connectivity index (χ1) is 10.7. The topological polar surface area (TPSA) is 48.4 Å². The van der Waals surface area contributed by atoms with Crippen LogP contribution in [-0.2, 0) is 6.42 Å². The minimum Gasteiger partial charge on any atom is -0.497 e. The van der Waals surface area contributed by atoms with E-state index in [1.165, 1.54) is 0 Å². The molecule has 0 radical (unpaired) electrons. The number of aromatic nitrogens is 1. The average molecular weight is 297 g/mol. The molecule has 0 spiro atoms. The number of pyridine rings is 1. The maximum absolute atomic E-state index is 12.9. The Bertz CT molecular complexity index is 696. The maximum atomic E-state index is 12.9. The van der Waals surface area contributed by atoms with Gasteiger partial charge in [-0.2, -0.15) is 0 Å². The molecule has 0 aliphatic heterocycles. The van der Waals surface area contributed by atoms with Crippen molar-refractivity contribution < 1.29 is 14.3 Å². The molecule has 1 aliphatic carbocycles. The van der Waals surface area contributed by atoms with Crippen LogP contribution in [0.1, 0.15) is 40.2 Å². The van der Waals surface area contributed by atoms with Crippen molar-refractivity contribution in [2.24, 2.45) is 0 Å². The molecular weight excluding hydrogens is 278 g/mol. The monoisotopic (exact) mass is 297 g/mol. The van der Waals surface area contributed by atoms with E-state index < -0.39 is 0 Å². The Morgan fingerprint density at radius 2 is 2.00 bits per heavy atom. The lowest BCUT2D eigenvalue weighted by Crippen LogP contribution is -2.12. The summed E-state index contributed by atoms with van der Waals surface area (Å²) in [6.07, 6.45) is 4.41. The van der Waals surface area contributed by atoms with E-state index in [0.717, 1.165) is 41.7 Å². The highest BCUT2D eigenvalue weighted by molar-refractivity contribution is 6.02. The van der Waals surface area contributed by atoms with E-state index in [2.05, 4.69) is 4.98 Å². The van der Waals surface area contributed by atoms with E-state index in [-0.39, 0.29) is 11.7 Å². The van der Waals surface area contributed by atoms with Crippen LogP contribution in [0.25, 0.3) is 0 Å². The van der Waals surface area contributed by atoms with E-state index in [1.54, 1.807) is 20.4 Å². The van der Waals surface area contributed by atoms with Crippen LogP contribution >= 0.6 is 0 Å². The first-order valence-electron chi connectivity index (χ1n) is 7.44. The molecule has 1 aromatic carbocycles. The van der Waals surface area contributed by atoms with Crippen molar-refractivity contribution >= 4 is 5.78 Å². The first-order valence-corrected chi connectivity index (χ1v) is 7.44. The SMILES string of the molecule is COc1ccc2c(c1)CCCC(c1ccnc(OC)c1)C2=O. The molecule has 4 nitrogen and oxygen atoms in total. The summed E-state index contributed by atoms with van der Waals surface area (Å²) < 4.78 is 10.4. The Morgan fingerprint density at radius 3 is 2.77 bits per heavy atom. The fourth-order valence-corrected chi connectivity index (χ4v) is 3.03. The number of fused-ring (bicyclic) bond motifs is 1. The van der Waals surface area contributed by atoms with Crippen LogP contribution < -0.4 is 9.47 Å². The molecule has 0 amide bonds. The highest BCUT2D eigenvalue weighted by Crippen LogP contribution is 2.33. The largest absolute Gasteiger partial charge is 0.497 e. The van der Waals surface area contributed by atoms with Gasteiger partial charge in [0.05, 0.1) is 14.2 Å². The number of ketones is 1. The van der Waals surface area contributed by atoms with Gasteiger partial charge in [-0.05, 0) is 54.7 Å². The van der Waals surface area contributed by atoms with Gasteiger partial charge in [-0.3, -0.25) is 4.79 Å².